The molecule has 0 saturated carbocycles. The maximum absolute atomic E-state index is 13.5. The van der Waals surface area contributed by atoms with Crippen LogP contribution in [0.4, 0.5) is 10.1 Å². The summed E-state index contributed by atoms with van der Waals surface area (Å²) in [6.07, 6.45) is -0.885. The van der Waals surface area contributed by atoms with Crippen LogP contribution < -0.4 is 19.7 Å². The minimum Gasteiger partial charge on any atom is -0.485 e. The number of para-hydroxylation sites is 2. The summed E-state index contributed by atoms with van der Waals surface area (Å²) in [5, 5.41) is 2.80. The Kier molecular flexibility index (Phi) is 6.58. The van der Waals surface area contributed by atoms with Crippen molar-refractivity contribution in [3.05, 3.63) is 89.2 Å². The molecular weight excluding hydrogens is 423 g/mol. The van der Waals surface area contributed by atoms with E-state index in [4.69, 9.17) is 9.47 Å². The van der Waals surface area contributed by atoms with Crippen molar-refractivity contribution in [3.63, 3.8) is 0 Å². The van der Waals surface area contributed by atoms with Crippen molar-refractivity contribution in [1.29, 1.82) is 0 Å². The molecular formula is C26H25FN2O4. The van der Waals surface area contributed by atoms with E-state index in [2.05, 4.69) is 5.32 Å². The highest BCUT2D eigenvalue weighted by molar-refractivity contribution is 6.02. The molecule has 0 aliphatic carbocycles. The van der Waals surface area contributed by atoms with Crippen LogP contribution in [0, 0.1) is 19.7 Å². The van der Waals surface area contributed by atoms with E-state index in [0.29, 0.717) is 17.2 Å². The van der Waals surface area contributed by atoms with Crippen LogP contribution in [0.25, 0.3) is 0 Å². The molecule has 0 bridgehead atoms. The monoisotopic (exact) mass is 448 g/mol. The topological polar surface area (TPSA) is 67.9 Å². The number of halogens is 1. The molecule has 3 aromatic rings. The summed E-state index contributed by atoms with van der Waals surface area (Å²) in [4.78, 5) is 27.8. The first-order valence-electron chi connectivity index (χ1n) is 10.7. The summed E-state index contributed by atoms with van der Waals surface area (Å²) in [6, 6.07) is 18.7. The van der Waals surface area contributed by atoms with E-state index < -0.39 is 6.10 Å². The molecule has 0 unspecified atom stereocenters. The molecule has 1 aliphatic rings. The fourth-order valence-corrected chi connectivity index (χ4v) is 3.63. The molecule has 6 nitrogen and oxygen atoms in total. The molecule has 0 radical (unpaired) electrons. The maximum atomic E-state index is 13.5. The Balaban J connectivity index is 1.53. The van der Waals surface area contributed by atoms with Gasteiger partial charge in [-0.05, 0) is 60.9 Å². The number of ether oxygens (including phenoxy) is 2. The Bertz CT molecular complexity index is 1160. The third kappa shape index (κ3) is 5.14. The van der Waals surface area contributed by atoms with Gasteiger partial charge in [0.05, 0.1) is 0 Å². The highest BCUT2D eigenvalue weighted by atomic mass is 19.1. The van der Waals surface area contributed by atoms with Gasteiger partial charge in [-0.3, -0.25) is 14.5 Å². The molecule has 3 aromatic carbocycles. The van der Waals surface area contributed by atoms with E-state index in [-0.39, 0.29) is 37.3 Å². The van der Waals surface area contributed by atoms with Crippen molar-refractivity contribution in [2.24, 2.45) is 0 Å². The quantitative estimate of drug-likeness (QED) is 0.621. The molecule has 7 heteroatoms. The summed E-state index contributed by atoms with van der Waals surface area (Å²) in [6.45, 7) is 3.95. The van der Waals surface area contributed by atoms with Crippen molar-refractivity contribution in [1.82, 2.24) is 5.32 Å². The molecule has 1 aliphatic heterocycles. The largest absolute Gasteiger partial charge is 0.485 e. The van der Waals surface area contributed by atoms with E-state index in [0.717, 1.165) is 16.7 Å². The van der Waals surface area contributed by atoms with Crippen LogP contribution in [0.2, 0.25) is 0 Å². The molecule has 1 atom stereocenters. The highest BCUT2D eigenvalue weighted by Crippen LogP contribution is 2.32. The Morgan fingerprint density at radius 3 is 2.48 bits per heavy atom. The summed E-state index contributed by atoms with van der Waals surface area (Å²) >= 11 is 0. The van der Waals surface area contributed by atoms with Crippen LogP contribution in [0.1, 0.15) is 16.7 Å². The molecule has 1 N–H and O–H groups in total. The lowest BCUT2D eigenvalue weighted by atomic mass is 10.1. The predicted octanol–water partition coefficient (Wildman–Crippen LogP) is 3.93. The van der Waals surface area contributed by atoms with Crippen LogP contribution in [0.15, 0.2) is 66.7 Å². The van der Waals surface area contributed by atoms with E-state index in [9.17, 15) is 14.0 Å². The Labute approximate surface area is 191 Å². The molecule has 170 valence electrons. The van der Waals surface area contributed by atoms with Gasteiger partial charge in [-0.15, -0.1) is 0 Å². The second-order valence-electron chi connectivity index (χ2n) is 7.91. The summed E-state index contributed by atoms with van der Waals surface area (Å²) in [5.74, 6) is 0.0227. The zero-order valence-electron chi connectivity index (χ0n) is 18.5. The number of hydrogen-bond donors (Lipinski definition) is 1. The number of fused-ring (bicyclic) bond motifs is 1. The van der Waals surface area contributed by atoms with Crippen molar-refractivity contribution >= 4 is 17.5 Å². The predicted molar refractivity (Wildman–Crippen MR) is 123 cm³/mol. The van der Waals surface area contributed by atoms with Gasteiger partial charge in [0.2, 0.25) is 12.0 Å². The lowest BCUT2D eigenvalue weighted by molar-refractivity contribution is -0.129. The number of amides is 2. The lowest BCUT2D eigenvalue weighted by Crippen LogP contribution is -2.50. The summed E-state index contributed by atoms with van der Waals surface area (Å²) < 4.78 is 24.7. The third-order valence-electron chi connectivity index (χ3n) is 5.62. The fraction of sp³-hybridized carbons (Fsp3) is 0.231. The third-order valence-corrected chi connectivity index (χ3v) is 5.62. The Morgan fingerprint density at radius 2 is 1.73 bits per heavy atom. The van der Waals surface area contributed by atoms with Crippen molar-refractivity contribution in [3.8, 4) is 11.5 Å². The van der Waals surface area contributed by atoms with Gasteiger partial charge in [0.15, 0.2) is 11.5 Å². The molecule has 0 fully saturated rings. The normalized spacial score (nSPS) is 14.5. The SMILES string of the molecule is Cc1cccc(N(CC(=O)NCc2ccc(F)cc2)C(=O)[C@@H]2COc3ccccc3O2)c1C. The van der Waals surface area contributed by atoms with Gasteiger partial charge in [0.25, 0.3) is 5.91 Å². The first-order chi connectivity index (χ1) is 15.9. The molecule has 0 spiro atoms. The minimum absolute atomic E-state index is 0.0500. The zero-order valence-corrected chi connectivity index (χ0v) is 18.5. The Morgan fingerprint density at radius 1 is 1.00 bits per heavy atom. The van der Waals surface area contributed by atoms with Gasteiger partial charge in [-0.1, -0.05) is 36.4 Å². The molecule has 2 amide bonds. The van der Waals surface area contributed by atoms with Gasteiger partial charge >= 0.3 is 0 Å². The van der Waals surface area contributed by atoms with E-state index in [1.807, 2.05) is 38.1 Å². The van der Waals surface area contributed by atoms with Crippen LogP contribution in [0.5, 0.6) is 11.5 Å². The number of nitrogens with one attached hydrogen (secondary N) is 1. The number of nitrogens with zero attached hydrogens (tertiary/aromatic N) is 1. The number of hydrogen-bond acceptors (Lipinski definition) is 4. The van der Waals surface area contributed by atoms with Crippen LogP contribution in [0.3, 0.4) is 0 Å². The lowest BCUT2D eigenvalue weighted by Gasteiger charge is -2.31. The maximum Gasteiger partial charge on any atom is 0.272 e. The van der Waals surface area contributed by atoms with E-state index in [1.165, 1.54) is 17.0 Å². The van der Waals surface area contributed by atoms with Gasteiger partial charge in [0, 0.05) is 12.2 Å². The number of carbonyl (C=O) groups is 2. The van der Waals surface area contributed by atoms with Gasteiger partial charge in [-0.25, -0.2) is 4.39 Å². The number of anilines is 1. The molecule has 0 saturated heterocycles. The Hall–Kier alpha value is -3.87. The highest BCUT2D eigenvalue weighted by Gasteiger charge is 2.33. The van der Waals surface area contributed by atoms with Gasteiger partial charge in [0.1, 0.15) is 19.0 Å². The fourth-order valence-electron chi connectivity index (χ4n) is 3.63. The summed E-state index contributed by atoms with van der Waals surface area (Å²) in [7, 11) is 0. The standard InChI is InChI=1S/C26H25FN2O4/c1-17-6-5-7-21(18(17)2)29(15-25(30)28-14-19-10-12-20(27)13-11-19)26(31)24-16-32-22-8-3-4-9-23(22)33-24/h3-13,24H,14-16H2,1-2H3,(H,28,30)/t24-/m0/s1. The second-order valence-corrected chi connectivity index (χ2v) is 7.91. The van der Waals surface area contributed by atoms with Crippen LogP contribution in [-0.2, 0) is 16.1 Å². The van der Waals surface area contributed by atoms with E-state index >= 15 is 0 Å². The van der Waals surface area contributed by atoms with Gasteiger partial charge in [-0.2, -0.15) is 0 Å². The number of rotatable bonds is 6. The van der Waals surface area contributed by atoms with Crippen LogP contribution >= 0.6 is 0 Å². The molecule has 0 aromatic heterocycles. The van der Waals surface area contributed by atoms with Gasteiger partial charge < -0.3 is 14.8 Å². The number of aryl methyl sites for hydroxylation is 1. The number of carbonyl (C=O) groups excluding carboxylic acids is 2. The number of benzene rings is 3. The smallest absolute Gasteiger partial charge is 0.272 e. The molecule has 33 heavy (non-hydrogen) atoms. The molecule has 1 heterocycles. The van der Waals surface area contributed by atoms with Crippen molar-refractivity contribution in [2.45, 2.75) is 26.5 Å². The first-order valence-corrected chi connectivity index (χ1v) is 10.7. The van der Waals surface area contributed by atoms with E-state index in [1.54, 1.807) is 30.3 Å². The first kappa shape index (κ1) is 22.3. The van der Waals surface area contributed by atoms with Crippen molar-refractivity contribution < 1.29 is 23.5 Å². The molecule has 4 rings (SSSR count). The summed E-state index contributed by atoms with van der Waals surface area (Å²) in [5.41, 5.74) is 3.30. The average molecular weight is 448 g/mol. The second kappa shape index (κ2) is 9.73. The minimum atomic E-state index is -0.885. The van der Waals surface area contributed by atoms with Crippen molar-refractivity contribution in [2.75, 3.05) is 18.1 Å². The average Bonchev–Trinajstić information content (AvgIpc) is 2.83. The zero-order chi connectivity index (χ0) is 23.4. The van der Waals surface area contributed by atoms with Crippen LogP contribution in [-0.4, -0.2) is 31.1 Å².